The van der Waals surface area contributed by atoms with Crippen molar-refractivity contribution in [1.29, 1.82) is 0 Å². The fourth-order valence-electron chi connectivity index (χ4n) is 3.29. The van der Waals surface area contributed by atoms with Gasteiger partial charge in [0.1, 0.15) is 11.5 Å². The number of fused-ring (bicyclic) bond motifs is 1. The van der Waals surface area contributed by atoms with E-state index < -0.39 is 0 Å². The summed E-state index contributed by atoms with van der Waals surface area (Å²) >= 11 is 0. The molecule has 0 aliphatic heterocycles. The summed E-state index contributed by atoms with van der Waals surface area (Å²) in [4.78, 5) is 28.1. The lowest BCUT2D eigenvalue weighted by Gasteiger charge is -2.27. The Bertz CT molecular complexity index is 1140. The molecule has 150 valence electrons. The van der Waals surface area contributed by atoms with Gasteiger partial charge in [0.05, 0.1) is 23.6 Å². The van der Waals surface area contributed by atoms with Crippen LogP contribution in [0, 0.1) is 0 Å². The van der Waals surface area contributed by atoms with Crippen molar-refractivity contribution >= 4 is 28.3 Å². The Kier molecular flexibility index (Phi) is 5.66. The lowest BCUT2D eigenvalue weighted by Crippen LogP contribution is -2.31. The van der Waals surface area contributed by atoms with E-state index in [0.717, 1.165) is 23.3 Å². The molecule has 1 N–H and O–H groups in total. The minimum atomic E-state index is -0.314. The highest BCUT2D eigenvalue weighted by molar-refractivity contribution is 6.07. The van der Waals surface area contributed by atoms with Crippen LogP contribution in [0.3, 0.4) is 0 Å². The molecule has 0 unspecified atom stereocenters. The summed E-state index contributed by atoms with van der Waals surface area (Å²) in [5.41, 5.74) is 2.84. The van der Waals surface area contributed by atoms with Gasteiger partial charge in [0, 0.05) is 24.2 Å². The monoisotopic (exact) mass is 397 g/mol. The van der Waals surface area contributed by atoms with Crippen molar-refractivity contribution in [2.75, 3.05) is 10.2 Å². The third kappa shape index (κ3) is 4.27. The molecule has 4 aromatic rings. The Hall–Kier alpha value is -3.80. The van der Waals surface area contributed by atoms with Crippen molar-refractivity contribution in [3.05, 3.63) is 90.5 Å². The summed E-state index contributed by atoms with van der Waals surface area (Å²) in [6.07, 6.45) is 4.88. The summed E-state index contributed by atoms with van der Waals surface area (Å²) in [5, 5.41) is 3.86. The maximum atomic E-state index is 12.7. The molecule has 0 aliphatic carbocycles. The van der Waals surface area contributed by atoms with Crippen molar-refractivity contribution in [3.8, 4) is 0 Å². The van der Waals surface area contributed by atoms with Crippen LogP contribution in [0.1, 0.15) is 29.9 Å². The standard InChI is InChI=1S/C24H23N5O/c1-17(2)29(16-18-8-4-3-5-9-18)22-15-26-21(14-27-22)24(30)28-20-12-6-10-19-11-7-13-25-23(19)20/h3-15,17H,16H2,1-2H3,(H,28,30). The maximum Gasteiger partial charge on any atom is 0.275 e. The number of benzene rings is 2. The van der Waals surface area contributed by atoms with Crippen LogP contribution in [0.15, 0.2) is 79.3 Å². The topological polar surface area (TPSA) is 71.0 Å². The zero-order chi connectivity index (χ0) is 20.9. The second-order valence-corrected chi connectivity index (χ2v) is 7.30. The van der Waals surface area contributed by atoms with Crippen molar-refractivity contribution in [2.45, 2.75) is 26.4 Å². The highest BCUT2D eigenvalue weighted by atomic mass is 16.1. The normalized spacial score (nSPS) is 10.9. The number of nitrogens with one attached hydrogen (secondary N) is 1. The van der Waals surface area contributed by atoms with Crippen LogP contribution in [0.25, 0.3) is 10.9 Å². The first-order valence-corrected chi connectivity index (χ1v) is 9.89. The van der Waals surface area contributed by atoms with E-state index in [4.69, 9.17) is 0 Å². The van der Waals surface area contributed by atoms with E-state index in [0.29, 0.717) is 5.69 Å². The Balaban J connectivity index is 1.52. The summed E-state index contributed by atoms with van der Waals surface area (Å²) < 4.78 is 0. The number of amides is 1. The quantitative estimate of drug-likeness (QED) is 0.511. The smallest absolute Gasteiger partial charge is 0.275 e. The third-order valence-electron chi connectivity index (χ3n) is 4.87. The summed E-state index contributed by atoms with van der Waals surface area (Å²) in [6, 6.07) is 20.0. The zero-order valence-electron chi connectivity index (χ0n) is 17.0. The second kappa shape index (κ2) is 8.69. The fourth-order valence-corrected chi connectivity index (χ4v) is 3.29. The number of carbonyl (C=O) groups excluding carboxylic acids is 1. The van der Waals surface area contributed by atoms with Gasteiger partial charge in [0.15, 0.2) is 0 Å². The van der Waals surface area contributed by atoms with Gasteiger partial charge in [-0.25, -0.2) is 9.97 Å². The van der Waals surface area contributed by atoms with Gasteiger partial charge in [-0.15, -0.1) is 0 Å². The average Bonchev–Trinajstić information content (AvgIpc) is 2.78. The molecule has 0 spiro atoms. The molecule has 4 rings (SSSR count). The molecule has 0 saturated carbocycles. The van der Waals surface area contributed by atoms with Gasteiger partial charge in [-0.2, -0.15) is 0 Å². The van der Waals surface area contributed by atoms with Gasteiger partial charge in [-0.3, -0.25) is 9.78 Å². The predicted molar refractivity (Wildman–Crippen MR) is 119 cm³/mol. The number of hydrogen-bond acceptors (Lipinski definition) is 5. The van der Waals surface area contributed by atoms with Crippen molar-refractivity contribution in [1.82, 2.24) is 15.0 Å². The minimum Gasteiger partial charge on any atom is -0.349 e. The molecular formula is C24H23N5O. The largest absolute Gasteiger partial charge is 0.349 e. The highest BCUT2D eigenvalue weighted by Gasteiger charge is 2.15. The number of aromatic nitrogens is 3. The predicted octanol–water partition coefficient (Wildman–Crippen LogP) is 4.69. The van der Waals surface area contributed by atoms with E-state index in [1.54, 1.807) is 12.4 Å². The number of pyridine rings is 1. The van der Waals surface area contributed by atoms with Gasteiger partial charge < -0.3 is 10.2 Å². The van der Waals surface area contributed by atoms with E-state index in [1.807, 2.05) is 48.5 Å². The number of anilines is 2. The number of hydrogen-bond donors (Lipinski definition) is 1. The molecule has 0 radical (unpaired) electrons. The number of nitrogens with zero attached hydrogens (tertiary/aromatic N) is 4. The summed E-state index contributed by atoms with van der Waals surface area (Å²) in [6.45, 7) is 4.94. The third-order valence-corrected chi connectivity index (χ3v) is 4.87. The maximum absolute atomic E-state index is 12.7. The van der Waals surface area contributed by atoms with Gasteiger partial charge in [0.2, 0.25) is 0 Å². The first-order valence-electron chi connectivity index (χ1n) is 9.89. The molecule has 0 saturated heterocycles. The Morgan fingerprint density at radius 3 is 2.47 bits per heavy atom. The van der Waals surface area contributed by atoms with Crippen LogP contribution in [0.2, 0.25) is 0 Å². The van der Waals surface area contributed by atoms with Gasteiger partial charge in [0.25, 0.3) is 5.91 Å². The lowest BCUT2D eigenvalue weighted by atomic mass is 10.2. The number of rotatable bonds is 6. The van der Waals surface area contributed by atoms with Gasteiger partial charge in [-0.1, -0.05) is 48.5 Å². The fraction of sp³-hybridized carbons (Fsp3) is 0.167. The first-order chi connectivity index (χ1) is 14.6. The molecule has 0 bridgehead atoms. The van der Waals surface area contributed by atoms with Crippen LogP contribution in [-0.2, 0) is 6.54 Å². The zero-order valence-corrected chi connectivity index (χ0v) is 17.0. The number of para-hydroxylation sites is 1. The second-order valence-electron chi connectivity index (χ2n) is 7.30. The lowest BCUT2D eigenvalue weighted by molar-refractivity contribution is 0.102. The van der Waals surface area contributed by atoms with Crippen molar-refractivity contribution < 1.29 is 4.79 Å². The molecule has 6 heteroatoms. The molecule has 0 aliphatic rings. The number of carbonyl (C=O) groups is 1. The molecule has 0 atom stereocenters. The molecular weight excluding hydrogens is 374 g/mol. The van der Waals surface area contributed by atoms with Crippen LogP contribution in [-0.4, -0.2) is 26.9 Å². The van der Waals surface area contributed by atoms with E-state index in [9.17, 15) is 4.79 Å². The average molecular weight is 397 g/mol. The Morgan fingerprint density at radius 2 is 1.73 bits per heavy atom. The summed E-state index contributed by atoms with van der Waals surface area (Å²) in [5.74, 6) is 0.420. The van der Waals surface area contributed by atoms with Crippen LogP contribution >= 0.6 is 0 Å². The van der Waals surface area contributed by atoms with Crippen LogP contribution in [0.4, 0.5) is 11.5 Å². The molecule has 2 aromatic carbocycles. The summed E-state index contributed by atoms with van der Waals surface area (Å²) in [7, 11) is 0. The van der Waals surface area contributed by atoms with Crippen molar-refractivity contribution in [2.24, 2.45) is 0 Å². The SMILES string of the molecule is CC(C)N(Cc1ccccc1)c1cnc(C(=O)Nc2cccc3cccnc23)cn1. The Morgan fingerprint density at radius 1 is 0.933 bits per heavy atom. The van der Waals surface area contributed by atoms with E-state index in [2.05, 4.69) is 51.1 Å². The van der Waals surface area contributed by atoms with Crippen molar-refractivity contribution in [3.63, 3.8) is 0 Å². The minimum absolute atomic E-state index is 0.237. The Labute approximate surface area is 175 Å². The molecule has 2 aromatic heterocycles. The molecule has 2 heterocycles. The first kappa shape index (κ1) is 19.5. The van der Waals surface area contributed by atoms with E-state index in [1.165, 1.54) is 11.8 Å². The van der Waals surface area contributed by atoms with Crippen LogP contribution < -0.4 is 10.2 Å². The molecule has 1 amide bonds. The van der Waals surface area contributed by atoms with E-state index in [-0.39, 0.29) is 17.6 Å². The van der Waals surface area contributed by atoms with Gasteiger partial charge >= 0.3 is 0 Å². The van der Waals surface area contributed by atoms with Gasteiger partial charge in [-0.05, 0) is 31.5 Å². The van der Waals surface area contributed by atoms with Crippen LogP contribution in [0.5, 0.6) is 0 Å². The molecule has 30 heavy (non-hydrogen) atoms. The van der Waals surface area contributed by atoms with E-state index >= 15 is 0 Å². The highest BCUT2D eigenvalue weighted by Crippen LogP contribution is 2.21. The molecule has 0 fully saturated rings. The molecule has 6 nitrogen and oxygen atoms in total.